The number of rotatable bonds is 7. The highest BCUT2D eigenvalue weighted by atomic mass is 16.6. The van der Waals surface area contributed by atoms with Crippen LogP contribution < -0.4 is 10.1 Å². The van der Waals surface area contributed by atoms with Gasteiger partial charge in [-0.3, -0.25) is 10.1 Å². The number of methoxy groups -OCH3 is 1. The van der Waals surface area contributed by atoms with E-state index in [1.165, 1.54) is 0 Å². The van der Waals surface area contributed by atoms with Crippen LogP contribution in [0.2, 0.25) is 0 Å². The van der Waals surface area contributed by atoms with Gasteiger partial charge >= 0.3 is 5.69 Å². The summed E-state index contributed by atoms with van der Waals surface area (Å²) >= 11 is 0. The lowest BCUT2D eigenvalue weighted by molar-refractivity contribution is -0.387. The zero-order chi connectivity index (χ0) is 15.3. The predicted octanol–water partition coefficient (Wildman–Crippen LogP) is 1.93. The van der Waals surface area contributed by atoms with E-state index in [1.54, 1.807) is 21.1 Å². The summed E-state index contributed by atoms with van der Waals surface area (Å²) in [6, 6.07) is 0. The largest absolute Gasteiger partial charge is 0.473 e. The number of nitrogens with zero attached hydrogens (tertiary/aromatic N) is 3. The molecule has 8 heteroatoms. The minimum atomic E-state index is -0.536. The molecule has 0 aliphatic carbocycles. The van der Waals surface area contributed by atoms with E-state index < -0.39 is 4.92 Å². The van der Waals surface area contributed by atoms with Crippen molar-refractivity contribution in [3.8, 4) is 5.88 Å². The maximum atomic E-state index is 11.1. The van der Waals surface area contributed by atoms with Crippen molar-refractivity contribution in [3.05, 3.63) is 15.8 Å². The molecule has 1 rings (SSSR count). The molecule has 8 nitrogen and oxygen atoms in total. The Morgan fingerprint density at radius 3 is 2.55 bits per heavy atom. The molecule has 1 aromatic rings. The van der Waals surface area contributed by atoms with Gasteiger partial charge in [0.2, 0.25) is 5.95 Å². The molecule has 0 atom stereocenters. The lowest BCUT2D eigenvalue weighted by atomic mass is 10.1. The molecule has 0 aliphatic heterocycles. The van der Waals surface area contributed by atoms with Crippen molar-refractivity contribution in [1.29, 1.82) is 0 Å². The Hall–Kier alpha value is -1.96. The molecule has 20 heavy (non-hydrogen) atoms. The van der Waals surface area contributed by atoms with Gasteiger partial charge in [0.1, 0.15) is 5.69 Å². The molecule has 1 heterocycles. The summed E-state index contributed by atoms with van der Waals surface area (Å²) in [5.41, 5.74) is -0.308. The Labute approximate surface area is 117 Å². The van der Waals surface area contributed by atoms with Gasteiger partial charge in [0.25, 0.3) is 5.88 Å². The number of nitrogens with one attached hydrogen (secondary N) is 1. The fraction of sp³-hybridized carbons (Fsp3) is 0.667. The predicted molar refractivity (Wildman–Crippen MR) is 74.2 cm³/mol. The van der Waals surface area contributed by atoms with Crippen LogP contribution in [0.5, 0.6) is 5.88 Å². The second-order valence-corrected chi connectivity index (χ2v) is 4.86. The maximum absolute atomic E-state index is 11.1. The topological polar surface area (TPSA) is 99.4 Å². The number of aromatic nitrogens is 2. The third kappa shape index (κ3) is 4.02. The SMILES string of the molecule is CNc1nc(C)c([N+](=O)[O-])c(OCCC(C)(C)OC)n1. The highest BCUT2D eigenvalue weighted by Crippen LogP contribution is 2.29. The molecular weight excluding hydrogens is 264 g/mol. The molecule has 1 aromatic heterocycles. The molecule has 0 unspecified atom stereocenters. The number of hydrogen-bond donors (Lipinski definition) is 1. The minimum Gasteiger partial charge on any atom is -0.473 e. The van der Waals surface area contributed by atoms with Gasteiger partial charge in [-0.1, -0.05) is 0 Å². The van der Waals surface area contributed by atoms with Gasteiger partial charge in [-0.15, -0.1) is 0 Å². The Morgan fingerprint density at radius 1 is 1.40 bits per heavy atom. The number of anilines is 1. The van der Waals surface area contributed by atoms with E-state index in [-0.39, 0.29) is 35.4 Å². The van der Waals surface area contributed by atoms with E-state index in [4.69, 9.17) is 9.47 Å². The van der Waals surface area contributed by atoms with Crippen LogP contribution in [-0.4, -0.2) is 41.3 Å². The summed E-state index contributed by atoms with van der Waals surface area (Å²) in [6.45, 7) is 5.64. The van der Waals surface area contributed by atoms with Crippen LogP contribution in [0.4, 0.5) is 11.6 Å². The first-order chi connectivity index (χ1) is 9.30. The van der Waals surface area contributed by atoms with Crippen LogP contribution in [-0.2, 0) is 4.74 Å². The molecule has 0 aromatic carbocycles. The van der Waals surface area contributed by atoms with E-state index in [0.29, 0.717) is 6.42 Å². The molecular formula is C12H20N4O4. The van der Waals surface area contributed by atoms with Gasteiger partial charge in [-0.05, 0) is 20.8 Å². The Kier molecular flexibility index (Phi) is 5.20. The molecule has 1 N–H and O–H groups in total. The summed E-state index contributed by atoms with van der Waals surface area (Å²) in [5, 5.41) is 13.8. The Morgan fingerprint density at radius 2 is 2.05 bits per heavy atom. The van der Waals surface area contributed by atoms with Crippen LogP contribution in [0.15, 0.2) is 0 Å². The smallest absolute Gasteiger partial charge is 0.352 e. The first kappa shape index (κ1) is 16.1. The number of nitro groups is 1. The normalized spacial score (nSPS) is 11.2. The standard InChI is InChI=1S/C12H20N4O4/c1-8-9(16(17)18)10(15-11(13-4)14-8)20-7-6-12(2,3)19-5/h6-7H2,1-5H3,(H,13,14,15). The van der Waals surface area contributed by atoms with Crippen LogP contribution in [0.1, 0.15) is 26.0 Å². The van der Waals surface area contributed by atoms with E-state index in [2.05, 4.69) is 15.3 Å². The van der Waals surface area contributed by atoms with E-state index in [0.717, 1.165) is 0 Å². The second kappa shape index (κ2) is 6.47. The van der Waals surface area contributed by atoms with Crippen molar-refractivity contribution < 1.29 is 14.4 Å². The van der Waals surface area contributed by atoms with Crippen LogP contribution in [0.3, 0.4) is 0 Å². The highest BCUT2D eigenvalue weighted by Gasteiger charge is 2.24. The van der Waals surface area contributed by atoms with Crippen molar-refractivity contribution >= 4 is 11.6 Å². The average Bonchev–Trinajstić information content (AvgIpc) is 2.37. The van der Waals surface area contributed by atoms with Crippen molar-refractivity contribution in [2.75, 3.05) is 26.1 Å². The quantitative estimate of drug-likeness (QED) is 0.603. The fourth-order valence-corrected chi connectivity index (χ4v) is 1.46. The lowest BCUT2D eigenvalue weighted by Gasteiger charge is -2.22. The van der Waals surface area contributed by atoms with Gasteiger partial charge in [0.15, 0.2) is 0 Å². The number of hydrogen-bond acceptors (Lipinski definition) is 7. The zero-order valence-corrected chi connectivity index (χ0v) is 12.4. The average molecular weight is 284 g/mol. The van der Waals surface area contributed by atoms with Gasteiger partial charge in [0.05, 0.1) is 17.1 Å². The monoisotopic (exact) mass is 284 g/mol. The Bertz CT molecular complexity index is 491. The zero-order valence-electron chi connectivity index (χ0n) is 12.4. The van der Waals surface area contributed by atoms with Gasteiger partial charge in [-0.25, -0.2) is 4.98 Å². The van der Waals surface area contributed by atoms with Crippen molar-refractivity contribution in [2.24, 2.45) is 0 Å². The molecule has 0 saturated heterocycles. The summed E-state index contributed by atoms with van der Waals surface area (Å²) in [5.74, 6) is 0.257. The molecule has 0 saturated carbocycles. The fourth-order valence-electron chi connectivity index (χ4n) is 1.46. The number of ether oxygens (including phenoxy) is 2. The molecule has 0 radical (unpaired) electrons. The van der Waals surface area contributed by atoms with Crippen LogP contribution in [0, 0.1) is 17.0 Å². The minimum absolute atomic E-state index is 0.0289. The summed E-state index contributed by atoms with van der Waals surface area (Å²) in [7, 11) is 3.24. The van der Waals surface area contributed by atoms with Crippen molar-refractivity contribution in [1.82, 2.24) is 9.97 Å². The van der Waals surface area contributed by atoms with Crippen LogP contribution >= 0.6 is 0 Å². The molecule has 112 valence electrons. The van der Waals surface area contributed by atoms with E-state index in [9.17, 15) is 10.1 Å². The molecule has 0 bridgehead atoms. The molecule has 0 spiro atoms. The second-order valence-electron chi connectivity index (χ2n) is 4.86. The van der Waals surface area contributed by atoms with Gasteiger partial charge in [0, 0.05) is 20.6 Å². The molecule has 0 fully saturated rings. The van der Waals surface area contributed by atoms with Crippen molar-refractivity contribution in [2.45, 2.75) is 32.8 Å². The Balaban J connectivity index is 2.92. The van der Waals surface area contributed by atoms with E-state index in [1.807, 2.05) is 13.8 Å². The highest BCUT2D eigenvalue weighted by molar-refractivity contribution is 5.48. The first-order valence-corrected chi connectivity index (χ1v) is 6.19. The third-order valence-corrected chi connectivity index (χ3v) is 2.93. The van der Waals surface area contributed by atoms with E-state index >= 15 is 0 Å². The lowest BCUT2D eigenvalue weighted by Crippen LogP contribution is -2.25. The van der Waals surface area contributed by atoms with Crippen molar-refractivity contribution in [3.63, 3.8) is 0 Å². The summed E-state index contributed by atoms with van der Waals surface area (Å²) in [4.78, 5) is 18.5. The summed E-state index contributed by atoms with van der Waals surface area (Å²) in [6.07, 6.45) is 0.582. The van der Waals surface area contributed by atoms with Gasteiger partial charge in [-0.2, -0.15) is 4.98 Å². The summed E-state index contributed by atoms with van der Waals surface area (Å²) < 4.78 is 10.7. The maximum Gasteiger partial charge on any atom is 0.352 e. The third-order valence-electron chi connectivity index (χ3n) is 2.93. The first-order valence-electron chi connectivity index (χ1n) is 6.19. The molecule has 0 aliphatic rings. The molecule has 0 amide bonds. The number of aryl methyl sites for hydroxylation is 1. The van der Waals surface area contributed by atoms with Gasteiger partial charge < -0.3 is 14.8 Å². The van der Waals surface area contributed by atoms with Crippen LogP contribution in [0.25, 0.3) is 0 Å².